The number of nitrogens with zero attached hydrogens (tertiary/aromatic N) is 2. The summed E-state index contributed by atoms with van der Waals surface area (Å²) in [5, 5.41) is 8.87. The van der Waals surface area contributed by atoms with E-state index in [-0.39, 0.29) is 39.7 Å². The third-order valence-electron chi connectivity index (χ3n) is 6.41. The van der Waals surface area contributed by atoms with Gasteiger partial charge in [-0.25, -0.2) is 14.3 Å². The molecule has 1 heterocycles. The number of halogens is 7. The lowest BCUT2D eigenvalue weighted by Crippen LogP contribution is -2.21. The molecule has 7 nitrogen and oxygen atoms in total. The number of oxazole rings is 1. The molecule has 0 saturated carbocycles. The molecule has 0 unspecified atom stereocenters. The summed E-state index contributed by atoms with van der Waals surface area (Å²) < 4.78 is 103. The molecule has 238 valence electrons. The number of alkyl halides is 6. The van der Waals surface area contributed by atoms with Crippen LogP contribution in [0.3, 0.4) is 0 Å². The van der Waals surface area contributed by atoms with Crippen LogP contribution in [0.1, 0.15) is 17.0 Å². The molecule has 0 amide bonds. The van der Waals surface area contributed by atoms with E-state index < -0.39 is 36.4 Å². The van der Waals surface area contributed by atoms with Crippen LogP contribution in [0, 0.1) is 12.7 Å². The SMILES string of the molecule is CN=C(C=C(N)C(F)(F)F)c1ccc(-c2cc(F)c(COO)c(SC)c2)cc1-c1oc(C)nc1-c1ccc(OC(F)(F)F)cc1. The largest absolute Gasteiger partial charge is 0.573 e. The molecule has 15 heteroatoms. The first-order valence-corrected chi connectivity index (χ1v) is 14.0. The van der Waals surface area contributed by atoms with Crippen molar-refractivity contribution in [2.45, 2.75) is 31.0 Å². The van der Waals surface area contributed by atoms with Crippen LogP contribution in [0.15, 0.2) is 80.7 Å². The maximum absolute atomic E-state index is 15.1. The molecule has 0 aliphatic rings. The van der Waals surface area contributed by atoms with Gasteiger partial charge in [-0.2, -0.15) is 13.2 Å². The van der Waals surface area contributed by atoms with Crippen LogP contribution in [-0.4, -0.2) is 41.8 Å². The number of rotatable bonds is 9. The molecule has 1 aromatic heterocycles. The monoisotopic (exact) mass is 655 g/mol. The quantitative estimate of drug-likeness (QED) is 0.0612. The molecule has 0 bridgehead atoms. The van der Waals surface area contributed by atoms with Crippen LogP contribution in [-0.2, 0) is 11.5 Å². The third kappa shape index (κ3) is 7.85. The fourth-order valence-electron chi connectivity index (χ4n) is 4.41. The van der Waals surface area contributed by atoms with Gasteiger partial charge >= 0.3 is 12.5 Å². The Morgan fingerprint density at radius 1 is 1.02 bits per heavy atom. The Hall–Kier alpha value is -4.34. The van der Waals surface area contributed by atoms with Gasteiger partial charge in [-0.1, -0.05) is 12.1 Å². The van der Waals surface area contributed by atoms with Crippen molar-refractivity contribution in [2.24, 2.45) is 10.7 Å². The molecular formula is C30H24F7N3O4S. The number of allylic oxidation sites excluding steroid dienone is 2. The number of aliphatic imine (C=N–C) groups is 1. The van der Waals surface area contributed by atoms with E-state index in [1.54, 1.807) is 12.3 Å². The number of hydrogen-bond acceptors (Lipinski definition) is 8. The smallest absolute Gasteiger partial charge is 0.440 e. The van der Waals surface area contributed by atoms with Gasteiger partial charge in [0.05, 0.1) is 5.71 Å². The highest BCUT2D eigenvalue weighted by atomic mass is 32.2. The maximum Gasteiger partial charge on any atom is 0.573 e. The molecule has 0 spiro atoms. The third-order valence-corrected chi connectivity index (χ3v) is 7.22. The zero-order valence-corrected chi connectivity index (χ0v) is 24.5. The van der Waals surface area contributed by atoms with Crippen molar-refractivity contribution in [3.63, 3.8) is 0 Å². The highest BCUT2D eigenvalue weighted by Crippen LogP contribution is 2.39. The van der Waals surface area contributed by atoms with Crippen molar-refractivity contribution in [3.05, 3.63) is 89.2 Å². The van der Waals surface area contributed by atoms with Gasteiger partial charge in [0.25, 0.3) is 0 Å². The summed E-state index contributed by atoms with van der Waals surface area (Å²) in [5.41, 5.74) is 5.38. The Kier molecular flexibility index (Phi) is 9.95. The molecule has 0 aliphatic carbocycles. The number of aryl methyl sites for hydroxylation is 1. The number of hydrogen-bond donors (Lipinski definition) is 2. The summed E-state index contributed by atoms with van der Waals surface area (Å²) in [6.07, 6.45) is -7.41. The molecule has 4 aromatic rings. The molecule has 0 aliphatic heterocycles. The Balaban J connectivity index is 1.95. The fraction of sp³-hybridized carbons (Fsp3) is 0.200. The lowest BCUT2D eigenvalue weighted by Gasteiger charge is -2.15. The minimum atomic E-state index is -4.91. The highest BCUT2D eigenvalue weighted by molar-refractivity contribution is 7.98. The van der Waals surface area contributed by atoms with E-state index in [2.05, 4.69) is 19.6 Å². The number of nitrogens with two attached hydrogens (primary N) is 1. The van der Waals surface area contributed by atoms with Gasteiger partial charge < -0.3 is 14.9 Å². The summed E-state index contributed by atoms with van der Waals surface area (Å²) in [6.45, 7) is 1.11. The topological polar surface area (TPSA) is 103 Å². The Bertz CT molecular complexity index is 1750. The van der Waals surface area contributed by atoms with Crippen molar-refractivity contribution in [1.29, 1.82) is 0 Å². The number of aromatic nitrogens is 1. The molecule has 45 heavy (non-hydrogen) atoms. The zero-order valence-electron chi connectivity index (χ0n) is 23.7. The van der Waals surface area contributed by atoms with Crippen molar-refractivity contribution in [2.75, 3.05) is 13.3 Å². The van der Waals surface area contributed by atoms with Crippen LogP contribution in [0.4, 0.5) is 30.7 Å². The fourth-order valence-corrected chi connectivity index (χ4v) is 5.06. The number of ether oxygens (including phenoxy) is 1. The molecular weight excluding hydrogens is 631 g/mol. The standard InChI is InChI=1S/C30H24F7N3O4S/c1-15-40-27(16-4-7-19(8-5-16)44-30(35,36)37)28(43-15)21-10-17(18-11-23(31)22(14-42-41)25(12-18)45-3)6-9-20(21)24(39-2)13-26(38)29(32,33)34/h4-13,41H,14,38H2,1-3H3. The van der Waals surface area contributed by atoms with Crippen LogP contribution in [0.5, 0.6) is 5.75 Å². The molecule has 0 saturated heterocycles. The molecule has 0 atom stereocenters. The zero-order chi connectivity index (χ0) is 33.1. The number of thioether (sulfide) groups is 1. The van der Waals surface area contributed by atoms with Crippen LogP contribution < -0.4 is 10.5 Å². The summed E-state index contributed by atoms with van der Waals surface area (Å²) in [5.74, 6) is -0.975. The van der Waals surface area contributed by atoms with Crippen LogP contribution in [0.2, 0.25) is 0 Å². The van der Waals surface area contributed by atoms with Crippen molar-refractivity contribution < 1.29 is 50.0 Å². The normalized spacial score (nSPS) is 13.0. The van der Waals surface area contributed by atoms with Crippen LogP contribution >= 0.6 is 11.8 Å². The summed E-state index contributed by atoms with van der Waals surface area (Å²) in [7, 11) is 1.27. The second-order valence-electron chi connectivity index (χ2n) is 9.36. The lowest BCUT2D eigenvalue weighted by molar-refractivity contribution is -0.274. The number of benzene rings is 3. The summed E-state index contributed by atoms with van der Waals surface area (Å²) >= 11 is 1.20. The first-order valence-electron chi connectivity index (χ1n) is 12.8. The molecule has 0 fully saturated rings. The van der Waals surface area contributed by atoms with E-state index in [0.29, 0.717) is 27.7 Å². The predicted octanol–water partition coefficient (Wildman–Crippen LogP) is 8.56. The first kappa shape index (κ1) is 33.6. The average Bonchev–Trinajstić information content (AvgIpc) is 3.36. The van der Waals surface area contributed by atoms with E-state index in [1.807, 2.05) is 0 Å². The van der Waals surface area contributed by atoms with Gasteiger partial charge in [0.1, 0.15) is 29.6 Å². The lowest BCUT2D eigenvalue weighted by atomic mass is 9.92. The second kappa shape index (κ2) is 13.3. The van der Waals surface area contributed by atoms with Gasteiger partial charge in [0.15, 0.2) is 11.7 Å². The summed E-state index contributed by atoms with van der Waals surface area (Å²) in [4.78, 5) is 13.0. The first-order chi connectivity index (χ1) is 21.1. The Morgan fingerprint density at radius 3 is 2.27 bits per heavy atom. The van der Waals surface area contributed by atoms with Crippen molar-refractivity contribution >= 4 is 17.5 Å². The van der Waals surface area contributed by atoms with E-state index >= 15 is 4.39 Å². The molecule has 3 N–H and O–H groups in total. The van der Waals surface area contributed by atoms with E-state index in [1.165, 1.54) is 62.1 Å². The van der Waals surface area contributed by atoms with Gasteiger partial charge in [-0.05, 0) is 65.9 Å². The van der Waals surface area contributed by atoms with Gasteiger partial charge in [0.2, 0.25) is 0 Å². The maximum atomic E-state index is 15.1. The molecule has 4 rings (SSSR count). The minimum Gasteiger partial charge on any atom is -0.440 e. The van der Waals surface area contributed by atoms with E-state index in [9.17, 15) is 26.3 Å². The minimum absolute atomic E-state index is 0.0461. The molecule has 3 aromatic carbocycles. The summed E-state index contributed by atoms with van der Waals surface area (Å²) in [6, 6.07) is 12.1. The van der Waals surface area contributed by atoms with E-state index in [0.717, 1.165) is 12.1 Å². The Morgan fingerprint density at radius 2 is 1.69 bits per heavy atom. The highest BCUT2D eigenvalue weighted by Gasteiger charge is 2.33. The van der Waals surface area contributed by atoms with Crippen molar-refractivity contribution in [3.8, 4) is 39.5 Å². The van der Waals surface area contributed by atoms with Gasteiger partial charge in [0, 0.05) is 41.1 Å². The van der Waals surface area contributed by atoms with Crippen molar-refractivity contribution in [1.82, 2.24) is 4.98 Å². The molecule has 0 radical (unpaired) electrons. The average molecular weight is 656 g/mol. The van der Waals surface area contributed by atoms with Gasteiger partial charge in [-0.15, -0.1) is 24.9 Å². The van der Waals surface area contributed by atoms with Gasteiger partial charge in [-0.3, -0.25) is 10.2 Å². The van der Waals surface area contributed by atoms with Crippen LogP contribution in [0.25, 0.3) is 33.7 Å². The predicted molar refractivity (Wildman–Crippen MR) is 154 cm³/mol. The van der Waals surface area contributed by atoms with E-state index in [4.69, 9.17) is 15.4 Å². The second-order valence-corrected chi connectivity index (χ2v) is 10.2. The Labute approximate surface area is 256 Å².